The number of ether oxygens (including phenoxy) is 1. The molecule has 0 unspecified atom stereocenters. The van der Waals surface area contributed by atoms with E-state index in [1.54, 1.807) is 7.11 Å². The Hall–Kier alpha value is -2.07. The van der Waals surface area contributed by atoms with Gasteiger partial charge in [0, 0.05) is 3.57 Å². The summed E-state index contributed by atoms with van der Waals surface area (Å²) in [4.78, 5) is 16.5. The lowest BCUT2D eigenvalue weighted by molar-refractivity contribution is -0.113. The number of nitrogens with one attached hydrogen (secondary N) is 2. The smallest absolute Gasteiger partial charge is 0.234 e. The van der Waals surface area contributed by atoms with E-state index in [0.29, 0.717) is 16.7 Å². The van der Waals surface area contributed by atoms with Crippen LogP contribution in [-0.4, -0.2) is 34.0 Å². The minimum Gasteiger partial charge on any atom is -0.496 e. The second-order valence-electron chi connectivity index (χ2n) is 4.98. The molecule has 3 aromatic rings. The van der Waals surface area contributed by atoms with Crippen LogP contribution in [0, 0.1) is 3.57 Å². The summed E-state index contributed by atoms with van der Waals surface area (Å²) in [6, 6.07) is 15.2. The number of halogens is 1. The first-order chi connectivity index (χ1) is 12.2. The molecule has 0 radical (unpaired) electrons. The Labute approximate surface area is 162 Å². The number of amides is 1. The lowest BCUT2D eigenvalue weighted by Crippen LogP contribution is -2.14. The second kappa shape index (κ2) is 8.34. The zero-order valence-corrected chi connectivity index (χ0v) is 16.3. The molecule has 1 aromatic heterocycles. The summed E-state index contributed by atoms with van der Waals surface area (Å²) in [5.74, 6) is 1.45. The Morgan fingerprint density at radius 1 is 1.24 bits per heavy atom. The molecule has 2 N–H and O–H groups in total. The van der Waals surface area contributed by atoms with Gasteiger partial charge in [0.2, 0.25) is 11.1 Å². The van der Waals surface area contributed by atoms with Gasteiger partial charge in [0.15, 0.2) is 5.82 Å². The van der Waals surface area contributed by atoms with E-state index in [2.05, 4.69) is 43.1 Å². The number of benzene rings is 2. The summed E-state index contributed by atoms with van der Waals surface area (Å²) < 4.78 is 6.32. The van der Waals surface area contributed by atoms with Gasteiger partial charge in [0.05, 0.1) is 24.1 Å². The minimum absolute atomic E-state index is 0.0993. The van der Waals surface area contributed by atoms with Crippen LogP contribution in [0.25, 0.3) is 11.4 Å². The van der Waals surface area contributed by atoms with Gasteiger partial charge in [0.25, 0.3) is 0 Å². The average Bonchev–Trinajstić information content (AvgIpc) is 3.11. The Morgan fingerprint density at radius 3 is 2.80 bits per heavy atom. The zero-order chi connectivity index (χ0) is 17.6. The summed E-state index contributed by atoms with van der Waals surface area (Å²) in [7, 11) is 1.61. The summed E-state index contributed by atoms with van der Waals surface area (Å²) in [5, 5.41) is 10.4. The molecule has 2 aromatic carbocycles. The van der Waals surface area contributed by atoms with Crippen LogP contribution in [0.1, 0.15) is 0 Å². The highest BCUT2D eigenvalue weighted by molar-refractivity contribution is 14.1. The lowest BCUT2D eigenvalue weighted by Gasteiger charge is -2.06. The Balaban J connectivity index is 1.62. The van der Waals surface area contributed by atoms with Crippen LogP contribution in [0.3, 0.4) is 0 Å². The number of carbonyl (C=O) groups excluding carboxylic acids is 1. The van der Waals surface area contributed by atoms with Crippen LogP contribution < -0.4 is 10.1 Å². The van der Waals surface area contributed by atoms with Crippen molar-refractivity contribution in [2.75, 3.05) is 18.2 Å². The number of para-hydroxylation sites is 2. The molecule has 25 heavy (non-hydrogen) atoms. The molecule has 1 heterocycles. The Kier molecular flexibility index (Phi) is 5.92. The zero-order valence-electron chi connectivity index (χ0n) is 13.3. The molecule has 0 fully saturated rings. The molecule has 0 atom stereocenters. The predicted molar refractivity (Wildman–Crippen MR) is 107 cm³/mol. The van der Waals surface area contributed by atoms with Crippen LogP contribution in [0.5, 0.6) is 5.75 Å². The van der Waals surface area contributed by atoms with Gasteiger partial charge in [-0.25, -0.2) is 4.98 Å². The molecule has 3 rings (SSSR count). The first kappa shape index (κ1) is 17.7. The Bertz CT molecular complexity index is 884. The van der Waals surface area contributed by atoms with E-state index in [1.807, 2.05) is 48.5 Å². The van der Waals surface area contributed by atoms with Gasteiger partial charge in [-0.3, -0.25) is 9.89 Å². The van der Waals surface area contributed by atoms with Crippen molar-refractivity contribution in [2.24, 2.45) is 0 Å². The number of aromatic nitrogens is 3. The van der Waals surface area contributed by atoms with Crippen LogP contribution in [-0.2, 0) is 4.79 Å². The van der Waals surface area contributed by atoms with E-state index in [-0.39, 0.29) is 11.7 Å². The number of hydrogen-bond acceptors (Lipinski definition) is 5. The van der Waals surface area contributed by atoms with Gasteiger partial charge in [-0.1, -0.05) is 36.0 Å². The van der Waals surface area contributed by atoms with Crippen molar-refractivity contribution in [2.45, 2.75) is 5.16 Å². The van der Waals surface area contributed by atoms with Crippen molar-refractivity contribution < 1.29 is 9.53 Å². The fourth-order valence-corrected chi connectivity index (χ4v) is 3.27. The fraction of sp³-hybridized carbons (Fsp3) is 0.118. The molecule has 0 saturated heterocycles. The summed E-state index contributed by atoms with van der Waals surface area (Å²) in [6.45, 7) is 0. The SMILES string of the molecule is COc1ccccc1-c1nc(SCC(=O)Nc2ccccc2I)n[nH]1. The standard InChI is InChI=1S/C17H15IN4O2S/c1-24-14-9-5-2-6-11(14)16-20-17(22-21-16)25-10-15(23)19-13-8-4-3-7-12(13)18/h2-9H,10H2,1H3,(H,19,23)(H,20,21,22). The number of hydrogen-bond donors (Lipinski definition) is 2. The highest BCUT2D eigenvalue weighted by Crippen LogP contribution is 2.28. The van der Waals surface area contributed by atoms with Crippen molar-refractivity contribution in [3.8, 4) is 17.1 Å². The third kappa shape index (κ3) is 4.51. The number of carbonyl (C=O) groups is 1. The number of rotatable bonds is 6. The quantitative estimate of drug-likeness (QED) is 0.427. The van der Waals surface area contributed by atoms with E-state index in [9.17, 15) is 4.79 Å². The minimum atomic E-state index is -0.0993. The van der Waals surface area contributed by atoms with Crippen molar-refractivity contribution in [1.29, 1.82) is 0 Å². The number of nitrogens with zero attached hydrogens (tertiary/aromatic N) is 2. The molecule has 0 spiro atoms. The van der Waals surface area contributed by atoms with Gasteiger partial charge < -0.3 is 10.1 Å². The molecular formula is C17H15IN4O2S. The molecule has 6 nitrogen and oxygen atoms in total. The lowest BCUT2D eigenvalue weighted by atomic mass is 10.2. The predicted octanol–water partition coefficient (Wildman–Crippen LogP) is 3.82. The van der Waals surface area contributed by atoms with Gasteiger partial charge >= 0.3 is 0 Å². The van der Waals surface area contributed by atoms with Crippen LogP contribution in [0.2, 0.25) is 0 Å². The second-order valence-corrected chi connectivity index (χ2v) is 7.09. The van der Waals surface area contributed by atoms with Crippen molar-refractivity contribution in [3.05, 3.63) is 52.1 Å². The van der Waals surface area contributed by atoms with E-state index >= 15 is 0 Å². The highest BCUT2D eigenvalue weighted by Gasteiger charge is 2.12. The highest BCUT2D eigenvalue weighted by atomic mass is 127. The first-order valence-electron chi connectivity index (χ1n) is 7.40. The average molecular weight is 466 g/mol. The molecule has 0 bridgehead atoms. The Morgan fingerprint density at radius 2 is 2.00 bits per heavy atom. The maximum Gasteiger partial charge on any atom is 0.234 e. The molecule has 0 aliphatic carbocycles. The van der Waals surface area contributed by atoms with E-state index < -0.39 is 0 Å². The number of thioether (sulfide) groups is 1. The fourth-order valence-electron chi connectivity index (χ4n) is 2.15. The summed E-state index contributed by atoms with van der Waals surface area (Å²) in [6.07, 6.45) is 0. The van der Waals surface area contributed by atoms with E-state index in [1.165, 1.54) is 11.8 Å². The van der Waals surface area contributed by atoms with Gasteiger partial charge in [-0.05, 0) is 46.9 Å². The van der Waals surface area contributed by atoms with Crippen molar-refractivity contribution in [1.82, 2.24) is 15.2 Å². The van der Waals surface area contributed by atoms with Crippen LogP contribution >= 0.6 is 34.4 Å². The number of methoxy groups -OCH3 is 1. The van der Waals surface area contributed by atoms with Crippen LogP contribution in [0.15, 0.2) is 53.7 Å². The van der Waals surface area contributed by atoms with Crippen molar-refractivity contribution >= 4 is 45.9 Å². The van der Waals surface area contributed by atoms with Crippen LogP contribution in [0.4, 0.5) is 5.69 Å². The summed E-state index contributed by atoms with van der Waals surface area (Å²) in [5.41, 5.74) is 1.63. The van der Waals surface area contributed by atoms with Gasteiger partial charge in [-0.2, -0.15) is 0 Å². The molecule has 1 amide bonds. The van der Waals surface area contributed by atoms with E-state index in [4.69, 9.17) is 4.74 Å². The topological polar surface area (TPSA) is 79.9 Å². The molecular weight excluding hydrogens is 451 g/mol. The maximum absolute atomic E-state index is 12.1. The molecule has 0 saturated carbocycles. The number of aromatic amines is 1. The molecule has 0 aliphatic heterocycles. The van der Waals surface area contributed by atoms with Crippen molar-refractivity contribution in [3.63, 3.8) is 0 Å². The summed E-state index contributed by atoms with van der Waals surface area (Å²) >= 11 is 3.46. The maximum atomic E-state index is 12.1. The first-order valence-corrected chi connectivity index (χ1v) is 9.47. The number of anilines is 1. The molecule has 0 aliphatic rings. The third-order valence-electron chi connectivity index (χ3n) is 3.31. The van der Waals surface area contributed by atoms with E-state index in [0.717, 1.165) is 14.8 Å². The third-order valence-corrected chi connectivity index (χ3v) is 5.10. The normalized spacial score (nSPS) is 10.5. The monoisotopic (exact) mass is 466 g/mol. The largest absolute Gasteiger partial charge is 0.496 e. The van der Waals surface area contributed by atoms with Gasteiger partial charge in [0.1, 0.15) is 5.75 Å². The number of H-pyrrole nitrogens is 1. The molecule has 8 heteroatoms. The molecule has 128 valence electrons. The van der Waals surface area contributed by atoms with Gasteiger partial charge in [-0.15, -0.1) is 5.10 Å².